The maximum absolute atomic E-state index is 5.98. The van der Waals surface area contributed by atoms with Gasteiger partial charge in [0, 0.05) is 12.4 Å². The monoisotopic (exact) mass is 335 g/mol. The van der Waals surface area contributed by atoms with Crippen molar-refractivity contribution >= 4 is 42.1 Å². The van der Waals surface area contributed by atoms with Crippen LogP contribution in [-0.4, -0.2) is 15.0 Å². The fraction of sp³-hybridized carbons (Fsp3) is 0. The number of nitrogens with zero attached hydrogens (tertiary/aromatic N) is 3. The van der Waals surface area contributed by atoms with Gasteiger partial charge in [0.2, 0.25) is 0 Å². The van der Waals surface area contributed by atoms with Crippen LogP contribution in [0.2, 0.25) is 0 Å². The molecule has 7 heteroatoms. The quantitative estimate of drug-likeness (QED) is 0.762. The van der Waals surface area contributed by atoms with E-state index in [1.54, 1.807) is 12.4 Å². The van der Waals surface area contributed by atoms with Crippen molar-refractivity contribution in [3.05, 3.63) is 60.9 Å². The summed E-state index contributed by atoms with van der Waals surface area (Å²) in [4.78, 5) is 12.8. The van der Waals surface area contributed by atoms with Crippen LogP contribution in [0.25, 0.3) is 11.4 Å². The van der Waals surface area contributed by atoms with Gasteiger partial charge in [0.1, 0.15) is 11.6 Å². The Morgan fingerprint density at radius 1 is 0.773 bits per heavy atom. The molecule has 0 aliphatic rings. The molecule has 0 fully saturated rings. The zero-order valence-electron chi connectivity index (χ0n) is 11.5. The van der Waals surface area contributed by atoms with Crippen molar-refractivity contribution in [1.82, 2.24) is 15.0 Å². The highest BCUT2D eigenvalue weighted by atomic mass is 35.5. The maximum atomic E-state index is 5.98. The molecule has 5 nitrogen and oxygen atoms in total. The minimum atomic E-state index is 0. The smallest absolute Gasteiger partial charge is 0.147 e. The molecule has 0 amide bonds. The molecule has 3 aromatic heterocycles. The number of anilines is 3. The van der Waals surface area contributed by atoms with Crippen LogP contribution in [0.4, 0.5) is 17.3 Å². The van der Waals surface area contributed by atoms with Crippen LogP contribution in [-0.2, 0) is 0 Å². The summed E-state index contributed by atoms with van der Waals surface area (Å²) in [6.45, 7) is 0. The van der Waals surface area contributed by atoms with Crippen molar-refractivity contribution in [2.24, 2.45) is 0 Å². The second-order valence-corrected chi connectivity index (χ2v) is 4.18. The third-order valence-electron chi connectivity index (χ3n) is 2.78. The highest BCUT2D eigenvalue weighted by Crippen LogP contribution is 2.24. The fourth-order valence-electron chi connectivity index (χ4n) is 1.81. The fourth-order valence-corrected chi connectivity index (χ4v) is 1.81. The Morgan fingerprint density at radius 2 is 1.50 bits per heavy atom. The van der Waals surface area contributed by atoms with E-state index < -0.39 is 0 Å². The predicted octanol–water partition coefficient (Wildman–Crippen LogP) is 3.71. The van der Waals surface area contributed by atoms with Crippen LogP contribution in [0.15, 0.2) is 60.9 Å². The van der Waals surface area contributed by atoms with E-state index >= 15 is 0 Å². The molecule has 0 unspecified atom stereocenters. The van der Waals surface area contributed by atoms with Gasteiger partial charge in [-0.2, -0.15) is 0 Å². The largest absolute Gasteiger partial charge is 0.382 e. The van der Waals surface area contributed by atoms with Crippen molar-refractivity contribution in [3.8, 4) is 11.4 Å². The van der Waals surface area contributed by atoms with Gasteiger partial charge < -0.3 is 11.1 Å². The van der Waals surface area contributed by atoms with Gasteiger partial charge in [0.15, 0.2) is 0 Å². The third kappa shape index (κ3) is 4.07. The normalized spacial score (nSPS) is 9.27. The lowest BCUT2D eigenvalue weighted by Gasteiger charge is -2.09. The lowest BCUT2D eigenvalue weighted by molar-refractivity contribution is 1.24. The Morgan fingerprint density at radius 3 is 2.09 bits per heavy atom. The lowest BCUT2D eigenvalue weighted by Crippen LogP contribution is -2.01. The molecule has 0 saturated carbocycles. The summed E-state index contributed by atoms with van der Waals surface area (Å²) < 4.78 is 0. The SMILES string of the molecule is Cl.Cl.Nc1nc(-c2ccccn2)ccc1Nc1ccccn1. The van der Waals surface area contributed by atoms with Gasteiger partial charge in [0.05, 0.1) is 17.1 Å². The maximum Gasteiger partial charge on any atom is 0.147 e. The second-order valence-electron chi connectivity index (χ2n) is 4.18. The van der Waals surface area contributed by atoms with Crippen molar-refractivity contribution in [2.45, 2.75) is 0 Å². The van der Waals surface area contributed by atoms with Crippen LogP contribution >= 0.6 is 24.8 Å². The summed E-state index contributed by atoms with van der Waals surface area (Å²) in [5, 5.41) is 3.13. The van der Waals surface area contributed by atoms with E-state index in [2.05, 4.69) is 20.3 Å². The standard InChI is InChI=1S/C15H13N5.2ClH/c16-15-13(19-14-6-2-4-10-18-14)8-7-12(20-15)11-5-1-3-9-17-11;;/h1-10H,(H2,16,20)(H,18,19);2*1H. The van der Waals surface area contributed by atoms with Gasteiger partial charge in [-0.1, -0.05) is 12.1 Å². The topological polar surface area (TPSA) is 76.7 Å². The van der Waals surface area contributed by atoms with Gasteiger partial charge in [0.25, 0.3) is 0 Å². The van der Waals surface area contributed by atoms with E-state index in [9.17, 15) is 0 Å². The Hall–Kier alpha value is -2.37. The average Bonchev–Trinajstić information content (AvgIpc) is 2.51. The molecule has 0 radical (unpaired) electrons. The first kappa shape index (κ1) is 17.7. The van der Waals surface area contributed by atoms with Gasteiger partial charge in [-0.15, -0.1) is 24.8 Å². The Labute approximate surface area is 140 Å². The molecular weight excluding hydrogens is 321 g/mol. The summed E-state index contributed by atoms with van der Waals surface area (Å²) in [7, 11) is 0. The molecule has 3 aromatic rings. The molecule has 3 heterocycles. The van der Waals surface area contributed by atoms with Gasteiger partial charge in [-0.25, -0.2) is 9.97 Å². The third-order valence-corrected chi connectivity index (χ3v) is 2.78. The number of hydrogen-bond donors (Lipinski definition) is 2. The summed E-state index contributed by atoms with van der Waals surface area (Å²) >= 11 is 0. The van der Waals surface area contributed by atoms with Crippen molar-refractivity contribution in [1.29, 1.82) is 0 Å². The van der Waals surface area contributed by atoms with E-state index in [0.29, 0.717) is 5.82 Å². The molecule has 0 bridgehead atoms. The summed E-state index contributed by atoms with van der Waals surface area (Å²) in [5.74, 6) is 1.14. The summed E-state index contributed by atoms with van der Waals surface area (Å²) in [6.07, 6.45) is 3.45. The van der Waals surface area contributed by atoms with Gasteiger partial charge >= 0.3 is 0 Å². The zero-order valence-corrected chi connectivity index (χ0v) is 13.1. The number of nitrogens with two attached hydrogens (primary N) is 1. The molecule has 0 aromatic carbocycles. The Bertz CT molecular complexity index is 708. The zero-order chi connectivity index (χ0) is 13.8. The molecule has 3 N–H and O–H groups in total. The van der Waals surface area contributed by atoms with E-state index in [1.165, 1.54) is 0 Å². The Balaban J connectivity index is 0.00000121. The number of pyridine rings is 3. The Kier molecular flexibility index (Phi) is 6.56. The molecule has 114 valence electrons. The number of halogens is 2. The van der Waals surface area contributed by atoms with E-state index in [1.807, 2.05) is 48.5 Å². The average molecular weight is 336 g/mol. The highest BCUT2D eigenvalue weighted by Gasteiger charge is 2.05. The molecule has 0 saturated heterocycles. The first-order valence-electron chi connectivity index (χ1n) is 6.19. The molecule has 3 rings (SSSR count). The van der Waals surface area contributed by atoms with Gasteiger partial charge in [-0.3, -0.25) is 4.98 Å². The molecule has 0 spiro atoms. The van der Waals surface area contributed by atoms with Crippen LogP contribution in [0.5, 0.6) is 0 Å². The van der Waals surface area contributed by atoms with E-state index in [0.717, 1.165) is 22.9 Å². The number of hydrogen-bond acceptors (Lipinski definition) is 5. The molecule has 0 aliphatic heterocycles. The molecule has 0 atom stereocenters. The predicted molar refractivity (Wildman–Crippen MR) is 93.9 cm³/mol. The van der Waals surface area contributed by atoms with Crippen LogP contribution in [0, 0.1) is 0 Å². The van der Waals surface area contributed by atoms with E-state index in [-0.39, 0.29) is 24.8 Å². The number of aromatic nitrogens is 3. The number of nitrogens with one attached hydrogen (secondary N) is 1. The van der Waals surface area contributed by atoms with Crippen LogP contribution < -0.4 is 11.1 Å². The van der Waals surface area contributed by atoms with E-state index in [4.69, 9.17) is 5.73 Å². The van der Waals surface area contributed by atoms with Crippen molar-refractivity contribution in [2.75, 3.05) is 11.1 Å². The second kappa shape index (κ2) is 8.17. The van der Waals surface area contributed by atoms with Crippen molar-refractivity contribution < 1.29 is 0 Å². The summed E-state index contributed by atoms with van der Waals surface area (Å²) in [6, 6.07) is 15.1. The summed E-state index contributed by atoms with van der Waals surface area (Å²) in [5.41, 5.74) is 8.24. The minimum Gasteiger partial charge on any atom is -0.382 e. The lowest BCUT2D eigenvalue weighted by atomic mass is 10.2. The molecular formula is C15H15Cl2N5. The first-order valence-corrected chi connectivity index (χ1v) is 6.19. The molecule has 0 aliphatic carbocycles. The molecule has 22 heavy (non-hydrogen) atoms. The van der Waals surface area contributed by atoms with Crippen LogP contribution in [0.1, 0.15) is 0 Å². The highest BCUT2D eigenvalue weighted by molar-refractivity contribution is 5.85. The number of rotatable bonds is 3. The number of nitrogen functional groups attached to an aromatic ring is 1. The van der Waals surface area contributed by atoms with Crippen LogP contribution in [0.3, 0.4) is 0 Å². The first-order chi connectivity index (χ1) is 9.83. The van der Waals surface area contributed by atoms with Gasteiger partial charge in [-0.05, 0) is 36.4 Å². The van der Waals surface area contributed by atoms with Crippen molar-refractivity contribution in [3.63, 3.8) is 0 Å². The minimum absolute atomic E-state index is 0.